The highest BCUT2D eigenvalue weighted by Gasteiger charge is 2.11. The standard InChI is InChI=1S/C15H15FN2O/c1-10-3-5-12(6-4-10)11(2)18-15(19)13-7-8-17-14(16)9-13/h3-9,11H,1-2H3,(H,18,19). The Labute approximate surface area is 111 Å². The molecule has 0 bridgehead atoms. The van der Waals surface area contributed by atoms with Crippen molar-refractivity contribution in [2.75, 3.05) is 0 Å². The van der Waals surface area contributed by atoms with Gasteiger partial charge in [-0.15, -0.1) is 0 Å². The van der Waals surface area contributed by atoms with Crippen molar-refractivity contribution in [1.82, 2.24) is 10.3 Å². The average Bonchev–Trinajstić information content (AvgIpc) is 2.39. The maximum absolute atomic E-state index is 12.9. The summed E-state index contributed by atoms with van der Waals surface area (Å²) in [6, 6.07) is 10.4. The first kappa shape index (κ1) is 13.2. The number of pyridine rings is 1. The van der Waals surface area contributed by atoms with E-state index >= 15 is 0 Å². The first-order chi connectivity index (χ1) is 9.06. The van der Waals surface area contributed by atoms with E-state index in [0.29, 0.717) is 0 Å². The Morgan fingerprint density at radius 1 is 1.26 bits per heavy atom. The van der Waals surface area contributed by atoms with E-state index in [9.17, 15) is 9.18 Å². The van der Waals surface area contributed by atoms with Gasteiger partial charge in [-0.25, -0.2) is 4.98 Å². The molecule has 0 fully saturated rings. The molecule has 0 saturated carbocycles. The Balaban J connectivity index is 2.08. The van der Waals surface area contributed by atoms with Crippen LogP contribution in [-0.2, 0) is 0 Å². The summed E-state index contributed by atoms with van der Waals surface area (Å²) in [6.07, 6.45) is 1.28. The van der Waals surface area contributed by atoms with Gasteiger partial charge in [-0.05, 0) is 25.5 Å². The fraction of sp³-hybridized carbons (Fsp3) is 0.200. The van der Waals surface area contributed by atoms with Gasteiger partial charge in [0.05, 0.1) is 6.04 Å². The Kier molecular flexibility index (Phi) is 3.90. The van der Waals surface area contributed by atoms with Crippen molar-refractivity contribution >= 4 is 5.91 Å². The molecule has 4 heteroatoms. The molecule has 0 saturated heterocycles. The maximum atomic E-state index is 12.9. The van der Waals surface area contributed by atoms with E-state index in [2.05, 4.69) is 10.3 Å². The molecular weight excluding hydrogens is 243 g/mol. The third kappa shape index (κ3) is 3.37. The molecule has 0 aliphatic carbocycles. The number of hydrogen-bond acceptors (Lipinski definition) is 2. The zero-order valence-corrected chi connectivity index (χ0v) is 10.9. The molecule has 0 radical (unpaired) electrons. The highest BCUT2D eigenvalue weighted by atomic mass is 19.1. The monoisotopic (exact) mass is 258 g/mol. The Morgan fingerprint density at radius 3 is 2.58 bits per heavy atom. The number of halogens is 1. The predicted molar refractivity (Wildman–Crippen MR) is 71.3 cm³/mol. The third-order valence-corrected chi connectivity index (χ3v) is 2.91. The van der Waals surface area contributed by atoms with Crippen molar-refractivity contribution in [3.63, 3.8) is 0 Å². The number of aromatic nitrogens is 1. The van der Waals surface area contributed by atoms with Gasteiger partial charge in [0.1, 0.15) is 0 Å². The fourth-order valence-electron chi connectivity index (χ4n) is 1.76. The summed E-state index contributed by atoms with van der Waals surface area (Å²) < 4.78 is 12.9. The van der Waals surface area contributed by atoms with Crippen LogP contribution in [0, 0.1) is 12.9 Å². The van der Waals surface area contributed by atoms with Crippen molar-refractivity contribution < 1.29 is 9.18 Å². The van der Waals surface area contributed by atoms with Gasteiger partial charge in [0.15, 0.2) is 0 Å². The van der Waals surface area contributed by atoms with E-state index in [1.807, 2.05) is 38.1 Å². The van der Waals surface area contributed by atoms with Crippen LogP contribution in [0.5, 0.6) is 0 Å². The van der Waals surface area contributed by atoms with Crippen molar-refractivity contribution in [3.8, 4) is 0 Å². The van der Waals surface area contributed by atoms with Gasteiger partial charge in [0.25, 0.3) is 5.91 Å². The van der Waals surface area contributed by atoms with Gasteiger partial charge in [-0.1, -0.05) is 29.8 Å². The SMILES string of the molecule is Cc1ccc(C(C)NC(=O)c2ccnc(F)c2)cc1. The second kappa shape index (κ2) is 5.61. The lowest BCUT2D eigenvalue weighted by molar-refractivity contribution is 0.0939. The zero-order chi connectivity index (χ0) is 13.8. The van der Waals surface area contributed by atoms with E-state index in [1.165, 1.54) is 17.8 Å². The van der Waals surface area contributed by atoms with Crippen molar-refractivity contribution in [1.29, 1.82) is 0 Å². The van der Waals surface area contributed by atoms with Crippen molar-refractivity contribution in [2.24, 2.45) is 0 Å². The number of carbonyl (C=O) groups is 1. The molecule has 0 aliphatic rings. The quantitative estimate of drug-likeness (QED) is 0.860. The number of rotatable bonds is 3. The highest BCUT2D eigenvalue weighted by Crippen LogP contribution is 2.14. The second-order valence-electron chi connectivity index (χ2n) is 4.47. The molecule has 1 aromatic heterocycles. The summed E-state index contributed by atoms with van der Waals surface area (Å²) >= 11 is 0. The van der Waals surface area contributed by atoms with Crippen LogP contribution in [0.15, 0.2) is 42.6 Å². The molecule has 98 valence electrons. The van der Waals surface area contributed by atoms with Gasteiger partial charge < -0.3 is 5.32 Å². The topological polar surface area (TPSA) is 42.0 Å². The number of benzene rings is 1. The largest absolute Gasteiger partial charge is 0.346 e. The van der Waals surface area contributed by atoms with E-state index in [1.54, 1.807) is 0 Å². The Bertz CT molecular complexity index is 581. The molecule has 3 nitrogen and oxygen atoms in total. The van der Waals surface area contributed by atoms with Gasteiger partial charge in [-0.3, -0.25) is 4.79 Å². The number of nitrogens with one attached hydrogen (secondary N) is 1. The first-order valence-electron chi connectivity index (χ1n) is 6.05. The van der Waals surface area contributed by atoms with Crippen LogP contribution in [-0.4, -0.2) is 10.9 Å². The summed E-state index contributed by atoms with van der Waals surface area (Å²) in [5.41, 5.74) is 2.44. The van der Waals surface area contributed by atoms with Gasteiger partial charge in [0.2, 0.25) is 5.95 Å². The molecule has 1 N–H and O–H groups in total. The molecule has 19 heavy (non-hydrogen) atoms. The maximum Gasteiger partial charge on any atom is 0.251 e. The number of nitrogens with zero attached hydrogens (tertiary/aromatic N) is 1. The van der Waals surface area contributed by atoms with Crippen molar-refractivity contribution in [3.05, 3.63) is 65.2 Å². The molecule has 1 heterocycles. The third-order valence-electron chi connectivity index (χ3n) is 2.91. The zero-order valence-electron chi connectivity index (χ0n) is 10.9. The van der Waals surface area contributed by atoms with E-state index in [0.717, 1.165) is 11.6 Å². The molecular formula is C15H15FN2O. The number of amides is 1. The van der Waals surface area contributed by atoms with Crippen LogP contribution < -0.4 is 5.32 Å². The fourth-order valence-corrected chi connectivity index (χ4v) is 1.76. The van der Waals surface area contributed by atoms with Crippen LogP contribution in [0.25, 0.3) is 0 Å². The second-order valence-corrected chi connectivity index (χ2v) is 4.47. The van der Waals surface area contributed by atoms with Crippen LogP contribution in [0.3, 0.4) is 0 Å². The molecule has 0 aliphatic heterocycles. The van der Waals surface area contributed by atoms with E-state index in [-0.39, 0.29) is 17.5 Å². The van der Waals surface area contributed by atoms with E-state index in [4.69, 9.17) is 0 Å². The smallest absolute Gasteiger partial charge is 0.251 e. The molecule has 2 rings (SSSR count). The molecule has 1 aromatic carbocycles. The van der Waals surface area contributed by atoms with Crippen LogP contribution in [0.1, 0.15) is 34.5 Å². The lowest BCUT2D eigenvalue weighted by atomic mass is 10.1. The van der Waals surface area contributed by atoms with Crippen LogP contribution >= 0.6 is 0 Å². The number of aryl methyl sites for hydroxylation is 1. The van der Waals surface area contributed by atoms with Crippen molar-refractivity contribution in [2.45, 2.75) is 19.9 Å². The summed E-state index contributed by atoms with van der Waals surface area (Å²) in [4.78, 5) is 15.4. The summed E-state index contributed by atoms with van der Waals surface area (Å²) in [5.74, 6) is -0.968. The van der Waals surface area contributed by atoms with E-state index < -0.39 is 5.95 Å². The molecule has 1 unspecified atom stereocenters. The van der Waals surface area contributed by atoms with Crippen LogP contribution in [0.4, 0.5) is 4.39 Å². The predicted octanol–water partition coefficient (Wildman–Crippen LogP) is 3.02. The lowest BCUT2D eigenvalue weighted by Crippen LogP contribution is -2.26. The minimum atomic E-state index is -0.657. The van der Waals surface area contributed by atoms with Gasteiger partial charge in [-0.2, -0.15) is 4.39 Å². The normalized spacial score (nSPS) is 11.9. The summed E-state index contributed by atoms with van der Waals surface area (Å²) in [6.45, 7) is 3.90. The van der Waals surface area contributed by atoms with Gasteiger partial charge >= 0.3 is 0 Å². The Morgan fingerprint density at radius 2 is 1.95 bits per heavy atom. The number of carbonyl (C=O) groups excluding carboxylic acids is 1. The summed E-state index contributed by atoms with van der Waals surface area (Å²) in [7, 11) is 0. The highest BCUT2D eigenvalue weighted by molar-refractivity contribution is 5.94. The minimum Gasteiger partial charge on any atom is -0.346 e. The molecule has 0 spiro atoms. The number of hydrogen-bond donors (Lipinski definition) is 1. The van der Waals surface area contributed by atoms with Crippen LogP contribution in [0.2, 0.25) is 0 Å². The first-order valence-corrected chi connectivity index (χ1v) is 6.05. The molecule has 1 atom stereocenters. The molecule has 1 amide bonds. The summed E-state index contributed by atoms with van der Waals surface area (Å²) in [5, 5.41) is 2.83. The minimum absolute atomic E-state index is 0.135. The average molecular weight is 258 g/mol. The van der Waals surface area contributed by atoms with Gasteiger partial charge in [0, 0.05) is 17.8 Å². The lowest BCUT2D eigenvalue weighted by Gasteiger charge is -2.14. The Hall–Kier alpha value is -2.23. The molecule has 2 aromatic rings.